The van der Waals surface area contributed by atoms with Crippen molar-refractivity contribution in [1.82, 2.24) is 9.97 Å². The van der Waals surface area contributed by atoms with Gasteiger partial charge in [0, 0.05) is 40.0 Å². The predicted octanol–water partition coefficient (Wildman–Crippen LogP) is 16.9. The van der Waals surface area contributed by atoms with Crippen molar-refractivity contribution in [2.75, 3.05) is 4.90 Å². The van der Waals surface area contributed by atoms with E-state index in [-0.39, 0.29) is 5.92 Å². The topological polar surface area (TPSA) is 55.3 Å². The van der Waals surface area contributed by atoms with Crippen LogP contribution in [0.2, 0.25) is 0 Å². The van der Waals surface area contributed by atoms with Gasteiger partial charge >= 0.3 is 0 Å². The van der Waals surface area contributed by atoms with E-state index in [2.05, 4.69) is 188 Å². The molecule has 68 heavy (non-hydrogen) atoms. The Bertz CT molecular complexity index is 3330. The number of fused-ring (bicyclic) bond motifs is 4. The molecule has 11 rings (SSSR count). The number of hydrogen-bond acceptors (Lipinski definition) is 5. The molecular weight excluding hydrogens is 831 g/mol. The molecule has 2 heterocycles. The zero-order valence-electron chi connectivity index (χ0n) is 38.3. The van der Waals surface area contributed by atoms with E-state index < -0.39 is 0 Å². The normalized spacial score (nSPS) is 18.3. The molecule has 8 aromatic rings. The maximum atomic E-state index is 6.12. The Balaban J connectivity index is 0.802. The first kappa shape index (κ1) is 42.6. The SMILES string of the molecule is C=C(/C=C\C(=C/C)CCC(CC1C=CC(c2nc3ccccc3o2)=CC1)c1cccc2ccccc12)c1ccc(N(C2=CC=CC3C=CC=CC23)c2ccc(-c3nc4ccccc4o3)cc2)cc1. The van der Waals surface area contributed by atoms with Crippen molar-refractivity contribution < 1.29 is 8.83 Å². The van der Waals surface area contributed by atoms with Gasteiger partial charge in [-0.2, -0.15) is 0 Å². The van der Waals surface area contributed by atoms with Gasteiger partial charge in [-0.05, 0) is 139 Å². The highest BCUT2D eigenvalue weighted by Crippen LogP contribution is 2.42. The molecule has 5 nitrogen and oxygen atoms in total. The number of benzene rings is 6. The lowest BCUT2D eigenvalue weighted by atomic mass is 9.80. The predicted molar refractivity (Wildman–Crippen MR) is 282 cm³/mol. The Labute approximate surface area is 398 Å². The molecule has 0 radical (unpaired) electrons. The lowest BCUT2D eigenvalue weighted by molar-refractivity contribution is 0.485. The summed E-state index contributed by atoms with van der Waals surface area (Å²) in [5.74, 6) is 2.62. The van der Waals surface area contributed by atoms with E-state index in [1.54, 1.807) is 0 Å². The fraction of sp³-hybridized carbons (Fsp3) is 0.143. The van der Waals surface area contributed by atoms with Crippen molar-refractivity contribution in [2.24, 2.45) is 17.8 Å². The van der Waals surface area contributed by atoms with Crippen LogP contribution >= 0.6 is 0 Å². The van der Waals surface area contributed by atoms with E-state index in [1.807, 2.05) is 48.5 Å². The summed E-state index contributed by atoms with van der Waals surface area (Å²) in [4.78, 5) is 11.9. The minimum Gasteiger partial charge on any atom is -0.436 e. The van der Waals surface area contributed by atoms with Crippen LogP contribution in [0, 0.1) is 17.8 Å². The fourth-order valence-electron chi connectivity index (χ4n) is 10.1. The Morgan fingerprint density at radius 1 is 0.706 bits per heavy atom. The zero-order chi connectivity index (χ0) is 45.8. The molecular formula is C63H53N3O2. The molecule has 4 atom stereocenters. The van der Waals surface area contributed by atoms with Crippen molar-refractivity contribution in [3.05, 3.63) is 253 Å². The first-order chi connectivity index (χ1) is 33.5. The molecule has 5 heteroatoms. The van der Waals surface area contributed by atoms with Crippen molar-refractivity contribution in [1.29, 1.82) is 0 Å². The third-order valence-electron chi connectivity index (χ3n) is 13.8. The molecule has 0 saturated heterocycles. The summed E-state index contributed by atoms with van der Waals surface area (Å²) < 4.78 is 12.2. The summed E-state index contributed by atoms with van der Waals surface area (Å²) in [5.41, 5.74) is 13.5. The minimum absolute atomic E-state index is 0.216. The monoisotopic (exact) mass is 883 g/mol. The summed E-state index contributed by atoms with van der Waals surface area (Å²) in [6, 6.07) is 48.8. The van der Waals surface area contributed by atoms with Gasteiger partial charge in [-0.25, -0.2) is 9.97 Å². The highest BCUT2D eigenvalue weighted by molar-refractivity contribution is 5.86. The van der Waals surface area contributed by atoms with E-state index >= 15 is 0 Å². The average Bonchev–Trinajstić information content (AvgIpc) is 4.04. The molecule has 6 aromatic carbocycles. The van der Waals surface area contributed by atoms with Gasteiger partial charge in [-0.1, -0.05) is 164 Å². The van der Waals surface area contributed by atoms with E-state index in [0.717, 1.165) is 81.5 Å². The molecule has 0 bridgehead atoms. The van der Waals surface area contributed by atoms with E-state index in [1.165, 1.54) is 27.6 Å². The molecule has 4 unspecified atom stereocenters. The Morgan fingerprint density at radius 3 is 2.13 bits per heavy atom. The lowest BCUT2D eigenvalue weighted by Crippen LogP contribution is -2.27. The molecule has 0 saturated carbocycles. The third kappa shape index (κ3) is 8.83. The molecule has 0 N–H and O–H groups in total. The molecule has 2 aromatic heterocycles. The van der Waals surface area contributed by atoms with Crippen molar-refractivity contribution >= 4 is 55.5 Å². The smallest absolute Gasteiger partial charge is 0.227 e. The summed E-state index contributed by atoms with van der Waals surface area (Å²) in [6.07, 6.45) is 33.2. The van der Waals surface area contributed by atoms with Gasteiger partial charge in [0.05, 0.1) is 0 Å². The van der Waals surface area contributed by atoms with Crippen LogP contribution in [0.1, 0.15) is 55.5 Å². The molecule has 3 aliphatic rings. The Kier molecular flexibility index (Phi) is 11.9. The second kappa shape index (κ2) is 19.1. The van der Waals surface area contributed by atoms with Crippen LogP contribution in [0.4, 0.5) is 11.4 Å². The first-order valence-electron chi connectivity index (χ1n) is 23.9. The van der Waals surface area contributed by atoms with Gasteiger partial charge in [0.1, 0.15) is 11.0 Å². The van der Waals surface area contributed by atoms with E-state index in [9.17, 15) is 0 Å². The van der Waals surface area contributed by atoms with Crippen LogP contribution in [0.25, 0.3) is 55.6 Å². The minimum atomic E-state index is 0.216. The molecule has 0 fully saturated rings. The van der Waals surface area contributed by atoms with Gasteiger partial charge < -0.3 is 13.7 Å². The number of hydrogen-bond donors (Lipinski definition) is 0. The van der Waals surface area contributed by atoms with E-state index in [4.69, 9.17) is 18.8 Å². The van der Waals surface area contributed by atoms with E-state index in [0.29, 0.717) is 29.5 Å². The molecule has 332 valence electrons. The van der Waals surface area contributed by atoms with Gasteiger partial charge in [0.15, 0.2) is 11.2 Å². The number of allylic oxidation sites excluding steroid dienone is 16. The maximum Gasteiger partial charge on any atom is 0.227 e. The van der Waals surface area contributed by atoms with Crippen LogP contribution in [0.5, 0.6) is 0 Å². The van der Waals surface area contributed by atoms with Crippen molar-refractivity contribution in [3.8, 4) is 11.5 Å². The lowest BCUT2D eigenvalue weighted by Gasteiger charge is -2.36. The highest BCUT2D eigenvalue weighted by atomic mass is 16.4. The average molecular weight is 884 g/mol. The molecule has 0 aliphatic heterocycles. The summed E-state index contributed by atoms with van der Waals surface area (Å²) >= 11 is 0. The molecule has 0 spiro atoms. The number of para-hydroxylation sites is 4. The van der Waals surface area contributed by atoms with Gasteiger partial charge in [-0.3, -0.25) is 0 Å². The molecule has 0 amide bonds. The number of anilines is 2. The van der Waals surface area contributed by atoms with Crippen LogP contribution in [-0.2, 0) is 0 Å². The van der Waals surface area contributed by atoms with Crippen LogP contribution < -0.4 is 4.90 Å². The van der Waals surface area contributed by atoms with Crippen molar-refractivity contribution in [3.63, 3.8) is 0 Å². The number of rotatable bonds is 14. The van der Waals surface area contributed by atoms with Crippen LogP contribution in [-0.4, -0.2) is 9.97 Å². The van der Waals surface area contributed by atoms with Gasteiger partial charge in [-0.15, -0.1) is 0 Å². The van der Waals surface area contributed by atoms with Crippen LogP contribution in [0.15, 0.2) is 245 Å². The fourth-order valence-corrected chi connectivity index (χ4v) is 10.1. The number of aromatic nitrogens is 2. The zero-order valence-corrected chi connectivity index (χ0v) is 38.3. The summed E-state index contributed by atoms with van der Waals surface area (Å²) in [5, 5.41) is 2.63. The number of nitrogens with zero attached hydrogens (tertiary/aromatic N) is 3. The third-order valence-corrected chi connectivity index (χ3v) is 13.8. The highest BCUT2D eigenvalue weighted by Gasteiger charge is 2.29. The molecule has 3 aliphatic carbocycles. The summed E-state index contributed by atoms with van der Waals surface area (Å²) in [6.45, 7) is 6.70. The Hall–Kier alpha value is -8.02. The quantitative estimate of drug-likeness (QED) is 0.102. The number of oxazole rings is 2. The summed E-state index contributed by atoms with van der Waals surface area (Å²) in [7, 11) is 0. The standard InChI is InChI=1S/C63H53N3O2/c1-3-44(28-33-51(55-20-12-16-47-14-4-6-18-54(47)55)42-45-29-31-49(32-30-45)62-64-57-21-8-10-24-60(57)67-62)27-26-43(2)46-34-38-52(39-35-46)66(59-23-13-17-48-15-5-7-19-56(48)59)53-40-36-50(37-41-53)63-65-58-22-9-11-25-61(58)68-63/h3-27,29,31-32,34-41,45,48,51,56H,2,28,30,33,42H2,1H3/b27-26-,44-3+. The van der Waals surface area contributed by atoms with Crippen LogP contribution in [0.3, 0.4) is 0 Å². The first-order valence-corrected chi connectivity index (χ1v) is 23.9. The van der Waals surface area contributed by atoms with Gasteiger partial charge in [0.25, 0.3) is 0 Å². The largest absolute Gasteiger partial charge is 0.436 e. The van der Waals surface area contributed by atoms with Crippen molar-refractivity contribution in [2.45, 2.75) is 38.5 Å². The second-order valence-corrected chi connectivity index (χ2v) is 18.0. The maximum absolute atomic E-state index is 6.12. The second-order valence-electron chi connectivity index (χ2n) is 18.0. The Morgan fingerprint density at radius 2 is 1.38 bits per heavy atom. The van der Waals surface area contributed by atoms with Gasteiger partial charge in [0.2, 0.25) is 11.8 Å².